The van der Waals surface area contributed by atoms with Crippen LogP contribution in [0.25, 0.3) is 0 Å². The van der Waals surface area contributed by atoms with Crippen molar-refractivity contribution in [3.8, 4) is 5.75 Å². The molecule has 112 valence electrons. The zero-order chi connectivity index (χ0) is 15.9. The second-order valence-electron chi connectivity index (χ2n) is 3.81. The van der Waals surface area contributed by atoms with E-state index in [2.05, 4.69) is 4.18 Å². The number of Topliss-reactive ketones (excluding diaryl/α,β-unsaturated/α-hetero) is 1. The Balaban J connectivity index is 3.54. The van der Waals surface area contributed by atoms with Gasteiger partial charge in [0.15, 0.2) is 11.5 Å². The number of nitrogen functional groups attached to an aromatic ring is 1. The average Bonchev–Trinajstić information content (AvgIpc) is 2.27. The number of benzene rings is 1. The van der Waals surface area contributed by atoms with E-state index in [4.69, 9.17) is 17.3 Å². The van der Waals surface area contributed by atoms with Gasteiger partial charge in [-0.15, -0.1) is 0 Å². The van der Waals surface area contributed by atoms with Crippen molar-refractivity contribution in [2.24, 2.45) is 0 Å². The van der Waals surface area contributed by atoms with E-state index in [1.807, 2.05) is 0 Å². The lowest BCUT2D eigenvalue weighted by Gasteiger charge is -2.16. The average molecular weight is 332 g/mol. The number of hydrogen-bond acceptors (Lipinski definition) is 5. The lowest BCUT2D eigenvalue weighted by molar-refractivity contribution is -0.0500. The molecule has 0 spiro atoms. The Labute approximate surface area is 117 Å². The normalized spacial score (nSPS) is 12.3. The fourth-order valence-corrected chi connectivity index (χ4v) is 1.96. The third-order valence-electron chi connectivity index (χ3n) is 2.38. The van der Waals surface area contributed by atoms with Crippen LogP contribution in [-0.4, -0.2) is 19.7 Å². The molecule has 0 radical (unpaired) electrons. The molecule has 1 aromatic carbocycles. The molecule has 0 fully saturated rings. The molecule has 1 rings (SSSR count). The highest BCUT2D eigenvalue weighted by molar-refractivity contribution is 7.88. The number of anilines is 1. The molecule has 0 saturated carbocycles. The molecule has 10 heteroatoms. The van der Waals surface area contributed by atoms with Gasteiger partial charge < -0.3 is 9.92 Å². The Bertz CT molecular complexity index is 670. The molecule has 5 nitrogen and oxygen atoms in total. The van der Waals surface area contributed by atoms with Gasteiger partial charge in [0.1, 0.15) is 0 Å². The first-order valence-electron chi connectivity index (χ1n) is 4.98. The number of rotatable bonds is 3. The van der Waals surface area contributed by atoms with Gasteiger partial charge in [-0.05, 0) is 25.5 Å². The molecule has 1 aromatic rings. The zero-order valence-electron chi connectivity index (χ0n) is 10.2. The number of hydrogen-bond donors (Lipinski definition) is 1. The van der Waals surface area contributed by atoms with Crippen molar-refractivity contribution in [2.45, 2.75) is 19.4 Å². The monoisotopic (exact) mass is 331 g/mol. The molecule has 0 amide bonds. The molecular weight excluding hydrogens is 323 g/mol. The molecule has 0 aliphatic heterocycles. The Hall–Kier alpha value is -1.48. The van der Waals surface area contributed by atoms with Crippen LogP contribution in [0.15, 0.2) is 6.07 Å². The van der Waals surface area contributed by atoms with Gasteiger partial charge >= 0.3 is 15.6 Å². The Morgan fingerprint density at radius 2 is 1.90 bits per heavy atom. The quantitative estimate of drug-likeness (QED) is 0.398. The van der Waals surface area contributed by atoms with Crippen LogP contribution in [0.3, 0.4) is 0 Å². The summed E-state index contributed by atoms with van der Waals surface area (Å²) in [6.07, 6.45) is 0. The maximum Gasteiger partial charge on any atom is 0.534 e. The van der Waals surface area contributed by atoms with E-state index in [1.54, 1.807) is 0 Å². The Morgan fingerprint density at radius 3 is 2.30 bits per heavy atom. The SMILES string of the molecule is CC(=O)c1cc(Cl)c(C)c(N)c1OS(=O)(=O)C(F)(F)F. The number of halogens is 4. The van der Waals surface area contributed by atoms with E-state index in [1.165, 1.54) is 6.92 Å². The fourth-order valence-electron chi connectivity index (χ4n) is 1.25. The second kappa shape index (κ2) is 5.13. The van der Waals surface area contributed by atoms with Crippen molar-refractivity contribution in [1.29, 1.82) is 0 Å². The molecule has 0 bridgehead atoms. The van der Waals surface area contributed by atoms with Gasteiger partial charge in [-0.1, -0.05) is 11.6 Å². The lowest BCUT2D eigenvalue weighted by Crippen LogP contribution is -2.29. The molecular formula is C10H9ClF3NO4S. The summed E-state index contributed by atoms with van der Waals surface area (Å²) in [6.45, 7) is 2.35. The third kappa shape index (κ3) is 2.98. The minimum absolute atomic E-state index is 0.00413. The predicted octanol–water partition coefficient (Wildman–Crippen LogP) is 2.66. The predicted molar refractivity (Wildman–Crippen MR) is 66.2 cm³/mol. The first-order valence-corrected chi connectivity index (χ1v) is 6.77. The maximum absolute atomic E-state index is 12.3. The summed E-state index contributed by atoms with van der Waals surface area (Å²) >= 11 is 5.74. The van der Waals surface area contributed by atoms with E-state index in [0.717, 1.165) is 13.0 Å². The molecule has 20 heavy (non-hydrogen) atoms. The smallest absolute Gasteiger partial charge is 0.395 e. The van der Waals surface area contributed by atoms with Crippen LogP contribution < -0.4 is 9.92 Å². The van der Waals surface area contributed by atoms with Crippen molar-refractivity contribution >= 4 is 33.2 Å². The third-order valence-corrected chi connectivity index (χ3v) is 3.72. The summed E-state index contributed by atoms with van der Waals surface area (Å²) in [4.78, 5) is 11.3. The van der Waals surface area contributed by atoms with Gasteiger partial charge in [-0.3, -0.25) is 4.79 Å². The van der Waals surface area contributed by atoms with Crippen LogP contribution in [0.2, 0.25) is 5.02 Å². The number of carbonyl (C=O) groups is 1. The van der Waals surface area contributed by atoms with Gasteiger partial charge in [0.2, 0.25) is 0 Å². The largest absolute Gasteiger partial charge is 0.534 e. The van der Waals surface area contributed by atoms with E-state index in [-0.39, 0.29) is 10.6 Å². The van der Waals surface area contributed by atoms with E-state index >= 15 is 0 Å². The van der Waals surface area contributed by atoms with Crippen LogP contribution in [0, 0.1) is 6.92 Å². The molecule has 0 atom stereocenters. The van der Waals surface area contributed by atoms with Crippen LogP contribution in [0.1, 0.15) is 22.8 Å². The van der Waals surface area contributed by atoms with Crippen LogP contribution >= 0.6 is 11.6 Å². The number of carbonyl (C=O) groups excluding carboxylic acids is 1. The molecule has 0 unspecified atom stereocenters. The van der Waals surface area contributed by atoms with Gasteiger partial charge in [0.05, 0.1) is 11.3 Å². The molecule has 0 aliphatic carbocycles. The fraction of sp³-hybridized carbons (Fsp3) is 0.300. The minimum atomic E-state index is -5.93. The van der Waals surface area contributed by atoms with E-state index in [0.29, 0.717) is 0 Å². The van der Waals surface area contributed by atoms with Gasteiger partial charge in [-0.25, -0.2) is 0 Å². The van der Waals surface area contributed by atoms with Crippen molar-refractivity contribution in [3.63, 3.8) is 0 Å². The summed E-state index contributed by atoms with van der Waals surface area (Å²) < 4.78 is 62.9. The first-order chi connectivity index (χ1) is 8.88. The highest BCUT2D eigenvalue weighted by Gasteiger charge is 2.49. The standard InChI is InChI=1S/C10H9ClF3NO4S/c1-4-7(11)3-6(5(2)16)9(8(4)15)19-20(17,18)10(12,13)14/h3H,15H2,1-2H3. The lowest BCUT2D eigenvalue weighted by atomic mass is 10.1. The summed E-state index contributed by atoms with van der Waals surface area (Å²) in [5.41, 5.74) is -0.959. The summed E-state index contributed by atoms with van der Waals surface area (Å²) in [7, 11) is -5.93. The van der Waals surface area contributed by atoms with Crippen molar-refractivity contribution in [1.82, 2.24) is 0 Å². The number of ketones is 1. The summed E-state index contributed by atoms with van der Waals surface area (Å²) in [6, 6.07) is 0.997. The van der Waals surface area contributed by atoms with Crippen molar-refractivity contribution in [3.05, 3.63) is 22.2 Å². The van der Waals surface area contributed by atoms with E-state index < -0.39 is 38.4 Å². The molecule has 0 heterocycles. The summed E-state index contributed by atoms with van der Waals surface area (Å²) in [5, 5.41) is 0.00413. The van der Waals surface area contributed by atoms with Gasteiger partial charge in [0.25, 0.3) is 0 Å². The van der Waals surface area contributed by atoms with Crippen LogP contribution in [0.4, 0.5) is 18.9 Å². The molecule has 0 saturated heterocycles. The zero-order valence-corrected chi connectivity index (χ0v) is 11.8. The summed E-state index contributed by atoms with van der Waals surface area (Å²) in [5.74, 6) is -1.62. The van der Waals surface area contributed by atoms with E-state index in [9.17, 15) is 26.4 Å². The number of nitrogens with two attached hydrogens (primary N) is 1. The Kier molecular flexibility index (Phi) is 4.25. The maximum atomic E-state index is 12.3. The van der Waals surface area contributed by atoms with Crippen LogP contribution in [-0.2, 0) is 10.1 Å². The highest BCUT2D eigenvalue weighted by Crippen LogP contribution is 2.38. The van der Waals surface area contributed by atoms with Gasteiger partial charge in [-0.2, -0.15) is 21.6 Å². The molecule has 0 aliphatic rings. The van der Waals surface area contributed by atoms with Gasteiger partial charge in [0, 0.05) is 5.02 Å². The topological polar surface area (TPSA) is 86.5 Å². The van der Waals surface area contributed by atoms with Crippen molar-refractivity contribution < 1.29 is 30.6 Å². The first kappa shape index (κ1) is 16.6. The van der Waals surface area contributed by atoms with Crippen molar-refractivity contribution in [2.75, 3.05) is 5.73 Å². The Morgan fingerprint density at radius 1 is 1.40 bits per heavy atom. The number of alkyl halides is 3. The van der Waals surface area contributed by atoms with Crippen LogP contribution in [0.5, 0.6) is 5.75 Å². The minimum Gasteiger partial charge on any atom is -0.395 e. The molecule has 2 N–H and O–H groups in total. The second-order valence-corrected chi connectivity index (χ2v) is 5.76. The molecule has 0 aromatic heterocycles. The highest BCUT2D eigenvalue weighted by atomic mass is 35.5.